The molecule has 1 saturated heterocycles. The maximum absolute atomic E-state index is 13.3. The average Bonchev–Trinajstić information content (AvgIpc) is 2.42. The van der Waals surface area contributed by atoms with Gasteiger partial charge in [0.05, 0.1) is 37.1 Å². The van der Waals surface area contributed by atoms with Gasteiger partial charge in [-0.3, -0.25) is 4.79 Å². The second kappa shape index (κ2) is 5.85. The Bertz CT molecular complexity index is 498. The minimum atomic E-state index is -0.580. The first-order chi connectivity index (χ1) is 9.04. The molecule has 7 heteroatoms. The van der Waals surface area contributed by atoms with Gasteiger partial charge in [0.1, 0.15) is 5.82 Å². The minimum absolute atomic E-state index is 0.0830. The van der Waals surface area contributed by atoms with E-state index in [0.29, 0.717) is 17.6 Å². The highest BCUT2D eigenvalue weighted by atomic mass is 79.9. The van der Waals surface area contributed by atoms with E-state index in [-0.39, 0.29) is 36.4 Å². The number of aliphatic hydroxyl groups is 1. The monoisotopic (exact) mass is 332 g/mol. The molecule has 1 fully saturated rings. The van der Waals surface area contributed by atoms with E-state index in [9.17, 15) is 14.3 Å². The Morgan fingerprint density at radius 3 is 3.05 bits per heavy atom. The number of carbonyl (C=O) groups is 1. The SMILES string of the molecule is Nc1cc(C(=O)N2CCOCC2CO)c(Br)cc1F. The first kappa shape index (κ1) is 14.2. The second-order valence-electron chi connectivity index (χ2n) is 4.26. The predicted molar refractivity (Wildman–Crippen MR) is 71.2 cm³/mol. The number of halogens is 2. The number of morpholine rings is 1. The summed E-state index contributed by atoms with van der Waals surface area (Å²) in [6.07, 6.45) is 0. The lowest BCUT2D eigenvalue weighted by Crippen LogP contribution is -2.50. The number of nitrogens with two attached hydrogens (primary N) is 1. The number of hydrogen-bond acceptors (Lipinski definition) is 4. The van der Waals surface area contributed by atoms with Crippen LogP contribution in [0.25, 0.3) is 0 Å². The molecule has 2 rings (SSSR count). The Labute approximate surface area is 118 Å². The van der Waals surface area contributed by atoms with Gasteiger partial charge in [-0.15, -0.1) is 0 Å². The summed E-state index contributed by atoms with van der Waals surface area (Å²) in [5, 5.41) is 9.25. The van der Waals surface area contributed by atoms with Crippen molar-refractivity contribution in [2.24, 2.45) is 0 Å². The van der Waals surface area contributed by atoms with Crippen molar-refractivity contribution in [3.05, 3.63) is 28.0 Å². The Morgan fingerprint density at radius 1 is 1.63 bits per heavy atom. The molecule has 1 unspecified atom stereocenters. The standard InChI is InChI=1S/C12H14BrFN2O3/c13-9-4-10(14)11(15)3-8(9)12(18)16-1-2-19-6-7(16)5-17/h3-4,7,17H,1-2,5-6,15H2. The lowest BCUT2D eigenvalue weighted by Gasteiger charge is -2.34. The van der Waals surface area contributed by atoms with Crippen LogP contribution >= 0.6 is 15.9 Å². The smallest absolute Gasteiger partial charge is 0.255 e. The highest BCUT2D eigenvalue weighted by Gasteiger charge is 2.29. The number of aliphatic hydroxyl groups excluding tert-OH is 1. The molecule has 19 heavy (non-hydrogen) atoms. The molecule has 1 amide bonds. The molecule has 1 aromatic carbocycles. The van der Waals surface area contributed by atoms with Gasteiger partial charge in [0.25, 0.3) is 5.91 Å². The van der Waals surface area contributed by atoms with Crippen molar-refractivity contribution < 1.29 is 19.0 Å². The number of nitrogens with zero attached hydrogens (tertiary/aromatic N) is 1. The van der Waals surface area contributed by atoms with Gasteiger partial charge in [0, 0.05) is 11.0 Å². The van der Waals surface area contributed by atoms with Crippen LogP contribution in [-0.2, 0) is 4.74 Å². The normalized spacial score (nSPS) is 19.5. The molecular weight excluding hydrogens is 319 g/mol. The summed E-state index contributed by atoms with van der Waals surface area (Å²) >= 11 is 3.15. The largest absolute Gasteiger partial charge is 0.396 e. The molecule has 0 radical (unpaired) electrons. The second-order valence-corrected chi connectivity index (χ2v) is 5.12. The van der Waals surface area contributed by atoms with Crippen LogP contribution in [0.15, 0.2) is 16.6 Å². The summed E-state index contributed by atoms with van der Waals surface area (Å²) in [7, 11) is 0. The first-order valence-corrected chi connectivity index (χ1v) is 6.58. The highest BCUT2D eigenvalue weighted by Crippen LogP contribution is 2.25. The van der Waals surface area contributed by atoms with Crippen LogP contribution in [0.2, 0.25) is 0 Å². The van der Waals surface area contributed by atoms with Gasteiger partial charge in [0.2, 0.25) is 0 Å². The molecule has 1 aliphatic rings. The molecule has 104 valence electrons. The van der Waals surface area contributed by atoms with E-state index in [1.807, 2.05) is 0 Å². The Balaban J connectivity index is 2.30. The van der Waals surface area contributed by atoms with E-state index >= 15 is 0 Å². The van der Waals surface area contributed by atoms with Crippen LogP contribution in [-0.4, -0.2) is 48.3 Å². The molecule has 1 aliphatic heterocycles. The van der Waals surface area contributed by atoms with E-state index in [1.54, 1.807) is 0 Å². The van der Waals surface area contributed by atoms with E-state index in [4.69, 9.17) is 10.5 Å². The Morgan fingerprint density at radius 2 is 2.37 bits per heavy atom. The quantitative estimate of drug-likeness (QED) is 0.792. The van der Waals surface area contributed by atoms with Gasteiger partial charge >= 0.3 is 0 Å². The summed E-state index contributed by atoms with van der Waals surface area (Å²) < 4.78 is 18.8. The molecule has 1 atom stereocenters. The third kappa shape index (κ3) is 2.88. The van der Waals surface area contributed by atoms with Gasteiger partial charge in [-0.05, 0) is 28.1 Å². The lowest BCUT2D eigenvalue weighted by molar-refractivity contribution is -0.0184. The minimum Gasteiger partial charge on any atom is -0.396 e. The maximum atomic E-state index is 13.3. The number of rotatable bonds is 2. The number of anilines is 1. The zero-order valence-corrected chi connectivity index (χ0v) is 11.7. The van der Waals surface area contributed by atoms with Crippen molar-refractivity contribution in [1.29, 1.82) is 0 Å². The maximum Gasteiger partial charge on any atom is 0.255 e. The van der Waals surface area contributed by atoms with Crippen molar-refractivity contribution in [2.75, 3.05) is 32.1 Å². The van der Waals surface area contributed by atoms with E-state index in [2.05, 4.69) is 15.9 Å². The van der Waals surface area contributed by atoms with Gasteiger partial charge < -0.3 is 20.5 Å². The van der Waals surface area contributed by atoms with Crippen LogP contribution in [0.4, 0.5) is 10.1 Å². The van der Waals surface area contributed by atoms with Gasteiger partial charge in [-0.1, -0.05) is 0 Å². The predicted octanol–water partition coefficient (Wildman–Crippen LogP) is 1.00. The van der Waals surface area contributed by atoms with Crippen LogP contribution in [0, 0.1) is 5.82 Å². The van der Waals surface area contributed by atoms with Gasteiger partial charge in [-0.25, -0.2) is 4.39 Å². The molecule has 0 saturated carbocycles. The van der Waals surface area contributed by atoms with Crippen LogP contribution in [0.5, 0.6) is 0 Å². The van der Waals surface area contributed by atoms with E-state index in [1.165, 1.54) is 11.0 Å². The Kier molecular flexibility index (Phi) is 4.38. The van der Waals surface area contributed by atoms with Gasteiger partial charge in [0.15, 0.2) is 0 Å². The van der Waals surface area contributed by atoms with E-state index < -0.39 is 5.82 Å². The fraction of sp³-hybridized carbons (Fsp3) is 0.417. The number of amides is 1. The molecule has 0 bridgehead atoms. The van der Waals surface area contributed by atoms with Crippen molar-refractivity contribution in [1.82, 2.24) is 4.90 Å². The molecule has 0 spiro atoms. The fourth-order valence-electron chi connectivity index (χ4n) is 1.96. The lowest BCUT2D eigenvalue weighted by atomic mass is 10.1. The molecule has 0 aliphatic carbocycles. The highest BCUT2D eigenvalue weighted by molar-refractivity contribution is 9.10. The molecule has 1 aromatic rings. The summed E-state index contributed by atoms with van der Waals surface area (Å²) in [5.74, 6) is -0.884. The molecule has 3 N–H and O–H groups in total. The third-order valence-corrected chi connectivity index (χ3v) is 3.67. The number of benzene rings is 1. The van der Waals surface area contributed by atoms with E-state index in [0.717, 1.165) is 6.07 Å². The number of ether oxygens (including phenoxy) is 1. The van der Waals surface area contributed by atoms with Crippen molar-refractivity contribution >= 4 is 27.5 Å². The summed E-state index contributed by atoms with van der Waals surface area (Å²) in [4.78, 5) is 13.9. The molecule has 1 heterocycles. The molecule has 0 aromatic heterocycles. The number of hydrogen-bond donors (Lipinski definition) is 2. The number of nitrogen functional groups attached to an aromatic ring is 1. The zero-order chi connectivity index (χ0) is 14.0. The molecular formula is C12H14BrFN2O3. The first-order valence-electron chi connectivity index (χ1n) is 5.78. The van der Waals surface area contributed by atoms with Crippen LogP contribution in [0.1, 0.15) is 10.4 Å². The Hall–Kier alpha value is -1.18. The van der Waals surface area contributed by atoms with Crippen LogP contribution < -0.4 is 5.73 Å². The topological polar surface area (TPSA) is 75.8 Å². The van der Waals surface area contributed by atoms with Crippen LogP contribution in [0.3, 0.4) is 0 Å². The number of carbonyl (C=O) groups excluding carboxylic acids is 1. The molecule has 5 nitrogen and oxygen atoms in total. The van der Waals surface area contributed by atoms with Crippen molar-refractivity contribution in [3.8, 4) is 0 Å². The summed E-state index contributed by atoms with van der Waals surface area (Å²) in [6.45, 7) is 0.904. The third-order valence-electron chi connectivity index (χ3n) is 3.02. The van der Waals surface area contributed by atoms with Gasteiger partial charge in [-0.2, -0.15) is 0 Å². The fourth-order valence-corrected chi connectivity index (χ4v) is 2.44. The van der Waals surface area contributed by atoms with Crippen molar-refractivity contribution in [3.63, 3.8) is 0 Å². The summed E-state index contributed by atoms with van der Waals surface area (Å²) in [5.41, 5.74) is 5.68. The van der Waals surface area contributed by atoms with Crippen molar-refractivity contribution in [2.45, 2.75) is 6.04 Å². The zero-order valence-electron chi connectivity index (χ0n) is 10.1. The summed E-state index contributed by atoms with van der Waals surface area (Å²) in [6, 6.07) is 2.07. The average molecular weight is 333 g/mol.